The molecule has 1 amide bonds. The van der Waals surface area contributed by atoms with Crippen LogP contribution in [0.2, 0.25) is 0 Å². The molecule has 0 heterocycles. The van der Waals surface area contributed by atoms with E-state index in [9.17, 15) is 19.4 Å². The molecule has 3 atom stereocenters. The molecular weight excluding hydrogens is 1080 g/mol. The van der Waals surface area contributed by atoms with Crippen molar-refractivity contribution in [2.45, 2.75) is 411 Å². The van der Waals surface area contributed by atoms with Gasteiger partial charge in [0.2, 0.25) is 5.91 Å². The monoisotopic (exact) mass is 1230 g/mol. The lowest BCUT2D eigenvalue weighted by Gasteiger charge is -2.25. The highest BCUT2D eigenvalue weighted by molar-refractivity contribution is 7.47. The van der Waals surface area contributed by atoms with Gasteiger partial charge in [-0.3, -0.25) is 13.8 Å². The highest BCUT2D eigenvalue weighted by Gasteiger charge is 2.28. The number of unbranched alkanes of at least 4 members (excludes halogenated alkanes) is 55. The fourth-order valence-electron chi connectivity index (χ4n) is 11.9. The summed E-state index contributed by atoms with van der Waals surface area (Å²) < 4.78 is 23.8. The highest BCUT2D eigenvalue weighted by Crippen LogP contribution is 2.43. The molecule has 86 heavy (non-hydrogen) atoms. The lowest BCUT2D eigenvalue weighted by Crippen LogP contribution is -2.45. The van der Waals surface area contributed by atoms with E-state index in [1.165, 1.54) is 340 Å². The minimum absolute atomic E-state index is 0.0644. The summed E-state index contributed by atoms with van der Waals surface area (Å²) in [5.74, 6) is -0.167. The Morgan fingerprint density at radius 1 is 0.395 bits per heavy atom. The van der Waals surface area contributed by atoms with Gasteiger partial charge in [0, 0.05) is 6.42 Å². The minimum Gasteiger partial charge on any atom is -0.387 e. The molecule has 0 saturated carbocycles. The van der Waals surface area contributed by atoms with E-state index in [0.717, 1.165) is 38.5 Å². The van der Waals surface area contributed by atoms with Gasteiger partial charge in [0.05, 0.1) is 39.9 Å². The van der Waals surface area contributed by atoms with E-state index in [1.54, 1.807) is 6.08 Å². The first-order valence-corrected chi connectivity index (χ1v) is 39.9. The smallest absolute Gasteiger partial charge is 0.387 e. The van der Waals surface area contributed by atoms with Crippen LogP contribution in [0.15, 0.2) is 36.5 Å². The number of quaternary nitrogens is 1. The topological polar surface area (TPSA) is 105 Å². The quantitative estimate of drug-likeness (QED) is 0.0243. The van der Waals surface area contributed by atoms with Gasteiger partial charge in [0.15, 0.2) is 0 Å². The summed E-state index contributed by atoms with van der Waals surface area (Å²) in [7, 11) is 1.59. The van der Waals surface area contributed by atoms with E-state index in [-0.39, 0.29) is 19.1 Å². The number of hydrogen-bond donors (Lipinski definition) is 3. The third-order valence-electron chi connectivity index (χ3n) is 17.9. The molecule has 0 rings (SSSR count). The number of likely N-dealkylation sites (N-methyl/N-ethyl adjacent to an activating group) is 1. The van der Waals surface area contributed by atoms with Crippen molar-refractivity contribution in [3.8, 4) is 0 Å². The Balaban J connectivity index is 3.89. The average molecular weight is 1230 g/mol. The molecule has 0 radical (unpaired) electrons. The van der Waals surface area contributed by atoms with Crippen LogP contribution in [0.1, 0.15) is 399 Å². The molecule has 0 fully saturated rings. The van der Waals surface area contributed by atoms with E-state index in [1.807, 2.05) is 27.2 Å². The number of phosphoric ester groups is 1. The van der Waals surface area contributed by atoms with Gasteiger partial charge in [-0.25, -0.2) is 4.57 Å². The molecule has 3 N–H and O–H groups in total. The third-order valence-corrected chi connectivity index (χ3v) is 18.8. The second-order valence-corrected chi connectivity index (χ2v) is 29.2. The van der Waals surface area contributed by atoms with Gasteiger partial charge in [-0.05, 0) is 51.4 Å². The fraction of sp³-hybridized carbons (Fsp3) is 0.909. The van der Waals surface area contributed by atoms with Crippen LogP contribution in [0.5, 0.6) is 0 Å². The number of rotatable bonds is 72. The van der Waals surface area contributed by atoms with Gasteiger partial charge in [0.1, 0.15) is 13.2 Å². The fourth-order valence-corrected chi connectivity index (χ4v) is 12.6. The number of nitrogens with zero attached hydrogens (tertiary/aromatic N) is 1. The molecule has 0 aliphatic rings. The van der Waals surface area contributed by atoms with Crippen LogP contribution >= 0.6 is 7.82 Å². The Bertz CT molecular complexity index is 1500. The second-order valence-electron chi connectivity index (χ2n) is 27.7. The summed E-state index contributed by atoms with van der Waals surface area (Å²) in [6.07, 6.45) is 91.9. The molecule has 9 heteroatoms. The van der Waals surface area contributed by atoms with E-state index in [0.29, 0.717) is 17.4 Å². The van der Waals surface area contributed by atoms with Gasteiger partial charge < -0.3 is 19.8 Å². The van der Waals surface area contributed by atoms with Crippen molar-refractivity contribution in [2.24, 2.45) is 0 Å². The van der Waals surface area contributed by atoms with Gasteiger partial charge >= 0.3 is 7.82 Å². The van der Waals surface area contributed by atoms with Gasteiger partial charge in [-0.1, -0.05) is 378 Å². The Morgan fingerprint density at radius 3 is 0.953 bits per heavy atom. The predicted octanol–water partition coefficient (Wildman–Crippen LogP) is 24.8. The first-order chi connectivity index (χ1) is 42.0. The number of hydrogen-bond acceptors (Lipinski definition) is 5. The lowest BCUT2D eigenvalue weighted by atomic mass is 10.0. The molecule has 0 spiro atoms. The first-order valence-electron chi connectivity index (χ1n) is 38.4. The number of allylic oxidation sites excluding steroid dienone is 5. The Hall–Kier alpha value is -1.28. The number of carbonyl (C=O) groups is 1. The number of phosphoric acid groups is 1. The number of carbonyl (C=O) groups excluding carboxylic acids is 1. The predicted molar refractivity (Wildman–Crippen MR) is 378 cm³/mol. The molecule has 0 bridgehead atoms. The molecule has 3 unspecified atom stereocenters. The largest absolute Gasteiger partial charge is 0.472 e. The van der Waals surface area contributed by atoms with Crippen molar-refractivity contribution in [3.63, 3.8) is 0 Å². The van der Waals surface area contributed by atoms with Crippen LogP contribution in [-0.2, 0) is 18.4 Å². The van der Waals surface area contributed by atoms with Gasteiger partial charge in [0.25, 0.3) is 0 Å². The standard InChI is InChI=1S/C77H151N2O6P/c1-6-8-10-12-14-16-18-20-22-24-26-28-30-31-32-33-34-35-36-37-38-39-40-41-42-43-44-45-46-47-49-51-53-55-57-59-61-63-65-67-69-71-77(81)78-75(74-85-86(82,83)84-73-72-79(3,4)5)76(80)70-68-66-64-62-60-58-56-54-52-50-48-29-27-25-23-21-19-17-15-13-11-9-7-2/h18,20,24,26,68,70,75-76,80H,6-17,19,21-23,25,27-67,69,71-74H2,1-5H3,(H-,78,81,82,83)/p+1/b20-18-,26-24-,70-68+. The van der Waals surface area contributed by atoms with E-state index in [4.69, 9.17) is 9.05 Å². The van der Waals surface area contributed by atoms with E-state index >= 15 is 0 Å². The van der Waals surface area contributed by atoms with Crippen molar-refractivity contribution in [2.75, 3.05) is 40.9 Å². The third kappa shape index (κ3) is 70.2. The summed E-state index contributed by atoms with van der Waals surface area (Å²) >= 11 is 0. The molecule has 0 aliphatic heterocycles. The van der Waals surface area contributed by atoms with Crippen molar-refractivity contribution < 1.29 is 32.9 Å². The Kier molecular flexibility index (Phi) is 67.1. The average Bonchev–Trinajstić information content (AvgIpc) is 3.70. The molecule has 510 valence electrons. The van der Waals surface area contributed by atoms with Gasteiger partial charge in [-0.15, -0.1) is 0 Å². The van der Waals surface area contributed by atoms with Crippen LogP contribution in [-0.4, -0.2) is 73.4 Å². The summed E-state index contributed by atoms with van der Waals surface area (Å²) in [5, 5.41) is 14.0. The molecule has 8 nitrogen and oxygen atoms in total. The zero-order chi connectivity index (χ0) is 62.6. The summed E-state index contributed by atoms with van der Waals surface area (Å²) in [5.41, 5.74) is 0. The Morgan fingerprint density at radius 2 is 0.663 bits per heavy atom. The van der Waals surface area contributed by atoms with E-state index < -0.39 is 20.0 Å². The highest BCUT2D eigenvalue weighted by atomic mass is 31.2. The normalized spacial score (nSPS) is 13.7. The number of aliphatic hydroxyl groups is 1. The van der Waals surface area contributed by atoms with Crippen LogP contribution in [0.4, 0.5) is 0 Å². The second kappa shape index (κ2) is 68.1. The summed E-state index contributed by atoms with van der Waals surface area (Å²) in [6.45, 7) is 4.87. The SMILES string of the molecule is CCCCCCC/C=C\C/C=C\CCCCCCCCCCCCCCCCCCCCCCCCCCCCCCCC(=O)NC(COP(=O)(O)OCC[N+](C)(C)C)C(O)/C=C/CCCCCCCCCCCCCCCCCCCCCCC. The molecule has 0 aromatic heterocycles. The maximum Gasteiger partial charge on any atom is 0.472 e. The zero-order valence-corrected chi connectivity index (χ0v) is 59.5. The molecule has 0 aliphatic carbocycles. The molecule has 0 aromatic carbocycles. The van der Waals surface area contributed by atoms with E-state index in [2.05, 4.69) is 43.5 Å². The maximum atomic E-state index is 13.1. The number of nitrogens with one attached hydrogen (secondary N) is 1. The van der Waals surface area contributed by atoms with Crippen LogP contribution in [0, 0.1) is 0 Å². The lowest BCUT2D eigenvalue weighted by molar-refractivity contribution is -0.870. The molecular formula is C77H152N2O6P+. The van der Waals surface area contributed by atoms with Crippen molar-refractivity contribution in [1.82, 2.24) is 5.32 Å². The first kappa shape index (κ1) is 84.7. The van der Waals surface area contributed by atoms with Crippen molar-refractivity contribution >= 4 is 13.7 Å². The summed E-state index contributed by atoms with van der Waals surface area (Å²) in [4.78, 5) is 23.5. The van der Waals surface area contributed by atoms with Gasteiger partial charge in [-0.2, -0.15) is 0 Å². The molecule has 0 aromatic rings. The number of aliphatic hydroxyl groups excluding tert-OH is 1. The van der Waals surface area contributed by atoms with Crippen molar-refractivity contribution in [1.29, 1.82) is 0 Å². The van der Waals surface area contributed by atoms with Crippen LogP contribution < -0.4 is 5.32 Å². The number of amides is 1. The van der Waals surface area contributed by atoms with Crippen LogP contribution in [0.25, 0.3) is 0 Å². The minimum atomic E-state index is -4.35. The summed E-state index contributed by atoms with van der Waals surface area (Å²) in [6, 6.07) is -0.845. The maximum absolute atomic E-state index is 13.1. The molecule has 0 saturated heterocycles. The van der Waals surface area contributed by atoms with Crippen LogP contribution in [0.3, 0.4) is 0 Å². The van der Waals surface area contributed by atoms with Crippen molar-refractivity contribution in [3.05, 3.63) is 36.5 Å². The zero-order valence-electron chi connectivity index (χ0n) is 58.6. The Labute approximate surface area is 537 Å².